The second-order valence-corrected chi connectivity index (χ2v) is 5.76. The van der Waals surface area contributed by atoms with Gasteiger partial charge in [0.2, 0.25) is 0 Å². The Morgan fingerprint density at radius 3 is 2.10 bits per heavy atom. The van der Waals surface area contributed by atoms with Crippen molar-refractivity contribution in [2.45, 2.75) is 33.1 Å². The molecular weight excluding hydrogens is 266 g/mol. The molecule has 1 atom stereocenters. The lowest BCUT2D eigenvalue weighted by Gasteiger charge is -2.16. The van der Waals surface area contributed by atoms with Crippen LogP contribution in [-0.2, 0) is 6.42 Å². The fourth-order valence-corrected chi connectivity index (χ4v) is 2.94. The number of nitriles is 1. The van der Waals surface area contributed by atoms with Crippen molar-refractivity contribution in [1.29, 1.82) is 5.26 Å². The van der Waals surface area contributed by atoms with Gasteiger partial charge in [-0.1, -0.05) is 41.4 Å². The molecule has 0 heterocycles. The molecule has 0 saturated carbocycles. The number of benzene rings is 2. The number of aryl methyl sites for hydroxylation is 3. The van der Waals surface area contributed by atoms with Crippen LogP contribution in [0.4, 0.5) is 0 Å². The highest BCUT2D eigenvalue weighted by atomic mass is 35.5. The first kappa shape index (κ1) is 14.6. The summed E-state index contributed by atoms with van der Waals surface area (Å²) in [5, 5.41) is 10.3. The van der Waals surface area contributed by atoms with Crippen molar-refractivity contribution in [2.24, 2.45) is 0 Å². The second-order valence-electron chi connectivity index (χ2n) is 5.32. The van der Waals surface area contributed by atoms with Crippen LogP contribution in [0, 0.1) is 32.1 Å². The third kappa shape index (κ3) is 3.21. The first-order chi connectivity index (χ1) is 9.51. The second kappa shape index (κ2) is 6.11. The highest BCUT2D eigenvalue weighted by Gasteiger charge is 2.16. The molecule has 0 bridgehead atoms. The molecule has 0 aliphatic rings. The minimum Gasteiger partial charge on any atom is -0.198 e. The molecule has 1 nitrogen and oxygen atoms in total. The summed E-state index contributed by atoms with van der Waals surface area (Å²) in [7, 11) is 0. The molecule has 0 aliphatic carbocycles. The smallest absolute Gasteiger partial charge is 0.0758 e. The zero-order valence-electron chi connectivity index (χ0n) is 12.1. The number of rotatable bonds is 3. The normalized spacial score (nSPS) is 11.9. The van der Waals surface area contributed by atoms with E-state index in [2.05, 4.69) is 39.0 Å². The van der Waals surface area contributed by atoms with E-state index in [1.807, 2.05) is 24.3 Å². The van der Waals surface area contributed by atoms with Gasteiger partial charge in [-0.15, -0.1) is 0 Å². The maximum Gasteiger partial charge on any atom is 0.0758 e. The Labute approximate surface area is 125 Å². The van der Waals surface area contributed by atoms with Crippen molar-refractivity contribution < 1.29 is 0 Å². The van der Waals surface area contributed by atoms with Gasteiger partial charge in [0.1, 0.15) is 0 Å². The largest absolute Gasteiger partial charge is 0.198 e. The summed E-state index contributed by atoms with van der Waals surface area (Å²) in [6, 6.07) is 14.5. The van der Waals surface area contributed by atoms with E-state index in [4.69, 9.17) is 11.6 Å². The molecule has 1 unspecified atom stereocenters. The molecule has 0 radical (unpaired) electrons. The Kier molecular flexibility index (Phi) is 4.47. The minimum atomic E-state index is -0.114. The van der Waals surface area contributed by atoms with Crippen LogP contribution in [0.25, 0.3) is 0 Å². The molecule has 102 valence electrons. The SMILES string of the molecule is Cc1cc(C)c(C(C#N)Cc2ccc(Cl)cc2)c(C)c1. The molecule has 0 saturated heterocycles. The molecular formula is C18H18ClN. The van der Waals surface area contributed by atoms with Gasteiger partial charge in [0.25, 0.3) is 0 Å². The average Bonchev–Trinajstić information content (AvgIpc) is 2.38. The van der Waals surface area contributed by atoms with E-state index in [0.29, 0.717) is 0 Å². The topological polar surface area (TPSA) is 23.8 Å². The summed E-state index contributed by atoms with van der Waals surface area (Å²) >= 11 is 5.90. The molecule has 2 aromatic carbocycles. The first-order valence-electron chi connectivity index (χ1n) is 6.73. The van der Waals surface area contributed by atoms with Crippen molar-refractivity contribution in [3.63, 3.8) is 0 Å². The summed E-state index contributed by atoms with van der Waals surface area (Å²) in [5.74, 6) is -0.114. The quantitative estimate of drug-likeness (QED) is 0.767. The van der Waals surface area contributed by atoms with Crippen molar-refractivity contribution in [1.82, 2.24) is 0 Å². The van der Waals surface area contributed by atoms with Crippen LogP contribution in [0.5, 0.6) is 0 Å². The lowest BCUT2D eigenvalue weighted by Crippen LogP contribution is -2.05. The van der Waals surface area contributed by atoms with Gasteiger partial charge < -0.3 is 0 Å². The maximum absolute atomic E-state index is 9.54. The lowest BCUT2D eigenvalue weighted by molar-refractivity contribution is 0.832. The van der Waals surface area contributed by atoms with Crippen LogP contribution in [0.15, 0.2) is 36.4 Å². The van der Waals surface area contributed by atoms with Crippen molar-refractivity contribution >= 4 is 11.6 Å². The standard InChI is InChI=1S/C18H18ClN/c1-12-8-13(2)18(14(3)9-12)16(11-20)10-15-4-6-17(19)7-5-15/h4-9,16H,10H2,1-3H3. The Hall–Kier alpha value is -1.78. The fourth-order valence-electron chi connectivity index (χ4n) is 2.81. The Morgan fingerprint density at radius 2 is 1.60 bits per heavy atom. The van der Waals surface area contributed by atoms with Crippen molar-refractivity contribution in [3.8, 4) is 6.07 Å². The van der Waals surface area contributed by atoms with E-state index in [9.17, 15) is 5.26 Å². The van der Waals surface area contributed by atoms with E-state index in [0.717, 1.165) is 22.6 Å². The van der Waals surface area contributed by atoms with E-state index in [-0.39, 0.29) is 5.92 Å². The van der Waals surface area contributed by atoms with Crippen molar-refractivity contribution in [3.05, 3.63) is 69.2 Å². The predicted molar refractivity (Wildman–Crippen MR) is 84.2 cm³/mol. The lowest BCUT2D eigenvalue weighted by atomic mass is 9.86. The van der Waals surface area contributed by atoms with E-state index >= 15 is 0 Å². The summed E-state index contributed by atoms with van der Waals surface area (Å²) in [6.07, 6.45) is 0.721. The van der Waals surface area contributed by atoms with Gasteiger partial charge in [0, 0.05) is 5.02 Å². The molecule has 0 amide bonds. The summed E-state index contributed by atoms with van der Waals surface area (Å²) < 4.78 is 0. The monoisotopic (exact) mass is 283 g/mol. The molecule has 0 fully saturated rings. The molecule has 2 aromatic rings. The third-order valence-electron chi connectivity index (χ3n) is 3.60. The number of halogens is 1. The maximum atomic E-state index is 9.54. The van der Waals surface area contributed by atoms with Gasteiger partial charge in [0.05, 0.1) is 12.0 Å². The molecule has 0 aromatic heterocycles. The Morgan fingerprint density at radius 1 is 1.05 bits per heavy atom. The van der Waals surface area contributed by atoms with Crippen LogP contribution in [0.1, 0.15) is 33.7 Å². The van der Waals surface area contributed by atoms with Gasteiger partial charge in [0.15, 0.2) is 0 Å². The van der Waals surface area contributed by atoms with Crippen LogP contribution in [0.2, 0.25) is 5.02 Å². The molecule has 0 N–H and O–H groups in total. The summed E-state index contributed by atoms with van der Waals surface area (Å²) in [6.45, 7) is 6.26. The summed E-state index contributed by atoms with van der Waals surface area (Å²) in [4.78, 5) is 0. The van der Waals surface area contributed by atoms with Gasteiger partial charge in [-0.2, -0.15) is 5.26 Å². The zero-order valence-corrected chi connectivity index (χ0v) is 12.8. The summed E-state index contributed by atoms with van der Waals surface area (Å²) in [5.41, 5.74) is 5.94. The minimum absolute atomic E-state index is 0.114. The highest BCUT2D eigenvalue weighted by molar-refractivity contribution is 6.30. The van der Waals surface area contributed by atoms with E-state index in [1.54, 1.807) is 0 Å². The van der Waals surface area contributed by atoms with Gasteiger partial charge >= 0.3 is 0 Å². The Balaban J connectivity index is 2.34. The number of hydrogen-bond donors (Lipinski definition) is 0. The van der Waals surface area contributed by atoms with Gasteiger partial charge in [-0.3, -0.25) is 0 Å². The van der Waals surface area contributed by atoms with Crippen LogP contribution in [0.3, 0.4) is 0 Å². The number of hydrogen-bond acceptors (Lipinski definition) is 1. The molecule has 0 aliphatic heterocycles. The molecule has 2 rings (SSSR count). The fraction of sp³-hybridized carbons (Fsp3) is 0.278. The molecule has 20 heavy (non-hydrogen) atoms. The average molecular weight is 284 g/mol. The molecule has 0 spiro atoms. The van der Waals surface area contributed by atoms with Gasteiger partial charge in [-0.25, -0.2) is 0 Å². The Bertz CT molecular complexity index is 627. The third-order valence-corrected chi connectivity index (χ3v) is 3.85. The van der Waals surface area contributed by atoms with Crippen LogP contribution < -0.4 is 0 Å². The first-order valence-corrected chi connectivity index (χ1v) is 7.11. The van der Waals surface area contributed by atoms with E-state index < -0.39 is 0 Å². The van der Waals surface area contributed by atoms with Crippen LogP contribution >= 0.6 is 11.6 Å². The number of nitrogens with zero attached hydrogens (tertiary/aromatic N) is 1. The zero-order chi connectivity index (χ0) is 14.7. The van der Waals surface area contributed by atoms with Crippen LogP contribution in [-0.4, -0.2) is 0 Å². The van der Waals surface area contributed by atoms with E-state index in [1.165, 1.54) is 16.7 Å². The van der Waals surface area contributed by atoms with Gasteiger partial charge in [-0.05, 0) is 61.6 Å². The van der Waals surface area contributed by atoms with Crippen molar-refractivity contribution in [2.75, 3.05) is 0 Å². The predicted octanol–water partition coefficient (Wildman–Crippen LogP) is 5.12. The highest BCUT2D eigenvalue weighted by Crippen LogP contribution is 2.28. The molecule has 2 heteroatoms.